The normalized spacial score (nSPS) is 25.8. The third kappa shape index (κ3) is 2.86. The molecule has 1 aromatic heterocycles. The topological polar surface area (TPSA) is 61.4 Å². The van der Waals surface area contributed by atoms with Gasteiger partial charge in [0.2, 0.25) is 5.91 Å². The molecule has 0 aromatic carbocycles. The van der Waals surface area contributed by atoms with Crippen LogP contribution in [0.4, 0.5) is 0 Å². The molecule has 1 amide bonds. The Morgan fingerprint density at radius 1 is 1.76 bits per heavy atom. The summed E-state index contributed by atoms with van der Waals surface area (Å²) in [7, 11) is 0. The van der Waals surface area contributed by atoms with Crippen molar-refractivity contribution in [1.82, 2.24) is 10.6 Å². The molecule has 94 valence electrons. The summed E-state index contributed by atoms with van der Waals surface area (Å²) >= 11 is 1.54. The average Bonchev–Trinajstić information content (AvgIpc) is 2.96. The summed E-state index contributed by atoms with van der Waals surface area (Å²) < 4.78 is 0. The van der Waals surface area contributed by atoms with Crippen LogP contribution in [0.3, 0.4) is 0 Å². The number of rotatable bonds is 4. The maximum absolute atomic E-state index is 12.0. The molecule has 5 heteroatoms. The van der Waals surface area contributed by atoms with Gasteiger partial charge in [0, 0.05) is 6.54 Å². The highest BCUT2D eigenvalue weighted by Gasteiger charge is 2.35. The maximum atomic E-state index is 12.0. The van der Waals surface area contributed by atoms with Crippen molar-refractivity contribution in [3.05, 3.63) is 22.4 Å². The van der Waals surface area contributed by atoms with Crippen molar-refractivity contribution >= 4 is 17.2 Å². The summed E-state index contributed by atoms with van der Waals surface area (Å²) in [5.41, 5.74) is 0.397. The quantitative estimate of drug-likeness (QED) is 0.752. The summed E-state index contributed by atoms with van der Waals surface area (Å²) in [6, 6.07) is 1.87. The molecular weight excluding hydrogens is 236 g/mol. The second-order valence-electron chi connectivity index (χ2n) is 4.64. The lowest BCUT2D eigenvalue weighted by Crippen LogP contribution is -2.51. The molecule has 0 aliphatic carbocycles. The first-order valence-electron chi connectivity index (χ1n) is 5.85. The molecule has 0 radical (unpaired) electrons. The molecule has 1 aromatic rings. The van der Waals surface area contributed by atoms with Crippen LogP contribution in [0.25, 0.3) is 0 Å². The van der Waals surface area contributed by atoms with Gasteiger partial charge in [-0.15, -0.1) is 0 Å². The Bertz CT molecular complexity index is 372. The Labute approximate surface area is 105 Å². The second kappa shape index (κ2) is 5.16. The molecule has 2 heterocycles. The molecule has 1 aliphatic heterocycles. The van der Waals surface area contributed by atoms with Gasteiger partial charge < -0.3 is 15.7 Å². The average molecular weight is 254 g/mol. The molecule has 2 unspecified atom stereocenters. The number of carbonyl (C=O) groups excluding carboxylic acids is 1. The molecule has 2 rings (SSSR count). The van der Waals surface area contributed by atoms with Crippen LogP contribution in [0.2, 0.25) is 0 Å². The minimum Gasteiger partial charge on any atom is -0.387 e. The summed E-state index contributed by atoms with van der Waals surface area (Å²) in [4.78, 5) is 12.0. The van der Waals surface area contributed by atoms with E-state index in [-0.39, 0.29) is 12.5 Å². The highest BCUT2D eigenvalue weighted by atomic mass is 32.1. The minimum atomic E-state index is -0.616. The fraction of sp³-hybridized carbons (Fsp3) is 0.583. The maximum Gasteiger partial charge on any atom is 0.240 e. The highest BCUT2D eigenvalue weighted by Crippen LogP contribution is 2.19. The van der Waals surface area contributed by atoms with E-state index < -0.39 is 11.6 Å². The van der Waals surface area contributed by atoms with Crippen LogP contribution in [0, 0.1) is 0 Å². The van der Waals surface area contributed by atoms with Crippen molar-refractivity contribution in [2.45, 2.75) is 31.4 Å². The zero-order valence-electron chi connectivity index (χ0n) is 9.90. The summed E-state index contributed by atoms with van der Waals surface area (Å²) in [6.45, 7) is 3.07. The van der Waals surface area contributed by atoms with Gasteiger partial charge in [0.25, 0.3) is 0 Å². The first kappa shape index (κ1) is 12.5. The SMILES string of the molecule is CC1(C(=O)NCC(O)c2ccsc2)CCCN1. The third-order valence-corrected chi connectivity index (χ3v) is 3.96. The zero-order valence-corrected chi connectivity index (χ0v) is 10.7. The van der Waals surface area contributed by atoms with Gasteiger partial charge in [-0.1, -0.05) is 0 Å². The summed E-state index contributed by atoms with van der Waals surface area (Å²) in [5.74, 6) is -0.0238. The fourth-order valence-electron chi connectivity index (χ4n) is 2.06. The van der Waals surface area contributed by atoms with Crippen molar-refractivity contribution in [3.63, 3.8) is 0 Å². The first-order chi connectivity index (χ1) is 8.12. The van der Waals surface area contributed by atoms with E-state index in [2.05, 4.69) is 10.6 Å². The monoisotopic (exact) mass is 254 g/mol. The van der Waals surface area contributed by atoms with E-state index in [4.69, 9.17) is 0 Å². The molecule has 17 heavy (non-hydrogen) atoms. The standard InChI is InChI=1S/C12H18N2O2S/c1-12(4-2-5-14-12)11(16)13-7-10(15)9-3-6-17-8-9/h3,6,8,10,14-15H,2,4-5,7H2,1H3,(H,13,16). The lowest BCUT2D eigenvalue weighted by Gasteiger charge is -2.23. The molecular formula is C12H18N2O2S. The van der Waals surface area contributed by atoms with Crippen molar-refractivity contribution in [2.24, 2.45) is 0 Å². The minimum absolute atomic E-state index is 0.0238. The van der Waals surface area contributed by atoms with E-state index in [1.807, 2.05) is 23.8 Å². The number of aliphatic hydroxyl groups excluding tert-OH is 1. The second-order valence-corrected chi connectivity index (χ2v) is 5.42. The largest absolute Gasteiger partial charge is 0.387 e. The number of aliphatic hydroxyl groups is 1. The molecule has 1 saturated heterocycles. The van der Waals surface area contributed by atoms with Gasteiger partial charge in [-0.05, 0) is 48.7 Å². The molecule has 0 bridgehead atoms. The van der Waals surface area contributed by atoms with E-state index in [1.165, 1.54) is 0 Å². The van der Waals surface area contributed by atoms with E-state index in [0.717, 1.165) is 24.9 Å². The number of carbonyl (C=O) groups is 1. The lowest BCUT2D eigenvalue weighted by atomic mass is 9.99. The van der Waals surface area contributed by atoms with Gasteiger partial charge in [0.05, 0.1) is 11.6 Å². The van der Waals surface area contributed by atoms with Crippen LogP contribution >= 0.6 is 11.3 Å². The molecule has 3 N–H and O–H groups in total. The predicted octanol–water partition coefficient (Wildman–Crippen LogP) is 1.04. The van der Waals surface area contributed by atoms with Crippen LogP contribution in [0.15, 0.2) is 16.8 Å². The Balaban J connectivity index is 1.84. The van der Waals surface area contributed by atoms with Gasteiger partial charge >= 0.3 is 0 Å². The van der Waals surface area contributed by atoms with Crippen LogP contribution in [-0.4, -0.2) is 29.6 Å². The number of hydrogen-bond donors (Lipinski definition) is 3. The smallest absolute Gasteiger partial charge is 0.240 e. The Morgan fingerprint density at radius 3 is 3.18 bits per heavy atom. The molecule has 4 nitrogen and oxygen atoms in total. The van der Waals surface area contributed by atoms with Crippen LogP contribution in [0.1, 0.15) is 31.4 Å². The Kier molecular flexibility index (Phi) is 3.81. The van der Waals surface area contributed by atoms with Crippen LogP contribution in [0.5, 0.6) is 0 Å². The van der Waals surface area contributed by atoms with Crippen molar-refractivity contribution in [3.8, 4) is 0 Å². The third-order valence-electron chi connectivity index (χ3n) is 3.25. The Morgan fingerprint density at radius 2 is 2.59 bits per heavy atom. The summed E-state index contributed by atoms with van der Waals surface area (Å²) in [5, 5.41) is 19.7. The summed E-state index contributed by atoms with van der Waals surface area (Å²) in [6.07, 6.45) is 1.26. The van der Waals surface area contributed by atoms with Gasteiger partial charge in [-0.2, -0.15) is 11.3 Å². The van der Waals surface area contributed by atoms with Gasteiger partial charge in [0.1, 0.15) is 0 Å². The molecule has 0 spiro atoms. The van der Waals surface area contributed by atoms with E-state index in [0.29, 0.717) is 0 Å². The molecule has 1 fully saturated rings. The van der Waals surface area contributed by atoms with E-state index in [1.54, 1.807) is 11.3 Å². The lowest BCUT2D eigenvalue weighted by molar-refractivity contribution is -0.127. The number of thiophene rings is 1. The van der Waals surface area contributed by atoms with Gasteiger partial charge in [-0.3, -0.25) is 4.79 Å². The Hall–Kier alpha value is -0.910. The van der Waals surface area contributed by atoms with E-state index >= 15 is 0 Å². The van der Waals surface area contributed by atoms with Crippen LogP contribution in [-0.2, 0) is 4.79 Å². The zero-order chi connectivity index (χ0) is 12.3. The highest BCUT2D eigenvalue weighted by molar-refractivity contribution is 7.07. The van der Waals surface area contributed by atoms with Crippen LogP contribution < -0.4 is 10.6 Å². The van der Waals surface area contributed by atoms with Crippen molar-refractivity contribution < 1.29 is 9.90 Å². The molecule has 1 aliphatic rings. The van der Waals surface area contributed by atoms with Gasteiger partial charge in [-0.25, -0.2) is 0 Å². The molecule has 0 saturated carbocycles. The van der Waals surface area contributed by atoms with Gasteiger partial charge in [0.15, 0.2) is 0 Å². The van der Waals surface area contributed by atoms with E-state index in [9.17, 15) is 9.90 Å². The van der Waals surface area contributed by atoms with Crippen molar-refractivity contribution in [1.29, 1.82) is 0 Å². The number of amides is 1. The fourth-order valence-corrected chi connectivity index (χ4v) is 2.76. The number of hydrogen-bond acceptors (Lipinski definition) is 4. The molecule has 2 atom stereocenters. The first-order valence-corrected chi connectivity index (χ1v) is 6.79. The van der Waals surface area contributed by atoms with Crippen molar-refractivity contribution in [2.75, 3.05) is 13.1 Å². The number of nitrogens with one attached hydrogen (secondary N) is 2. The predicted molar refractivity (Wildman–Crippen MR) is 67.9 cm³/mol.